The van der Waals surface area contributed by atoms with Crippen LogP contribution in [-0.4, -0.2) is 16.2 Å². The van der Waals surface area contributed by atoms with Crippen molar-refractivity contribution in [1.29, 1.82) is 0 Å². The van der Waals surface area contributed by atoms with Gasteiger partial charge in [0.05, 0.1) is 6.61 Å². The molecule has 116 valence electrons. The second-order valence-corrected chi connectivity index (χ2v) is 6.53. The van der Waals surface area contributed by atoms with Gasteiger partial charge in [-0.15, -0.1) is 0 Å². The van der Waals surface area contributed by atoms with Crippen molar-refractivity contribution in [1.82, 2.24) is 9.55 Å². The van der Waals surface area contributed by atoms with Crippen LogP contribution in [0, 0.1) is 12.3 Å². The molecule has 3 rings (SSSR count). The Balaban J connectivity index is 2.06. The van der Waals surface area contributed by atoms with Crippen LogP contribution in [0.25, 0.3) is 5.88 Å². The zero-order valence-electron chi connectivity index (χ0n) is 13.0. The smallest absolute Gasteiger partial charge is 0.244 e. The summed E-state index contributed by atoms with van der Waals surface area (Å²) in [5.41, 5.74) is 0.904. The van der Waals surface area contributed by atoms with E-state index in [0.717, 1.165) is 23.5 Å². The van der Waals surface area contributed by atoms with Gasteiger partial charge in [0, 0.05) is 22.8 Å². The molecule has 0 N–H and O–H groups in total. The zero-order chi connectivity index (χ0) is 15.7. The molecular formula is C17H19ClN2O2. The van der Waals surface area contributed by atoms with E-state index in [0.29, 0.717) is 17.5 Å². The van der Waals surface area contributed by atoms with Gasteiger partial charge in [-0.25, -0.2) is 4.98 Å². The van der Waals surface area contributed by atoms with Gasteiger partial charge in [0.2, 0.25) is 5.88 Å². The van der Waals surface area contributed by atoms with Crippen molar-refractivity contribution in [3.63, 3.8) is 0 Å². The fourth-order valence-corrected chi connectivity index (χ4v) is 2.72. The summed E-state index contributed by atoms with van der Waals surface area (Å²) in [7, 11) is 0. The molecule has 1 saturated heterocycles. The highest BCUT2D eigenvalue weighted by Gasteiger charge is 2.36. The number of imidazole rings is 1. The molecule has 0 radical (unpaired) electrons. The number of ether oxygens (including phenoxy) is 2. The van der Waals surface area contributed by atoms with Gasteiger partial charge in [0.15, 0.2) is 5.76 Å². The summed E-state index contributed by atoms with van der Waals surface area (Å²) in [5, 5.41) is 0.694. The average Bonchev–Trinajstić information content (AvgIpc) is 3.08. The lowest BCUT2D eigenvalue weighted by Gasteiger charge is -2.22. The minimum absolute atomic E-state index is 0.0695. The molecule has 1 fully saturated rings. The summed E-state index contributed by atoms with van der Waals surface area (Å²) in [4.78, 5) is 4.11. The Hall–Kier alpha value is -1.94. The van der Waals surface area contributed by atoms with Crippen molar-refractivity contribution in [2.24, 2.45) is 5.41 Å². The first-order chi connectivity index (χ1) is 10.5. The fourth-order valence-electron chi connectivity index (χ4n) is 2.50. The maximum atomic E-state index is 6.18. The molecule has 0 bridgehead atoms. The maximum Gasteiger partial charge on any atom is 0.244 e. The highest BCUT2D eigenvalue weighted by atomic mass is 35.5. The van der Waals surface area contributed by atoms with Crippen LogP contribution in [0.5, 0.6) is 5.75 Å². The zero-order valence-corrected chi connectivity index (χ0v) is 13.7. The van der Waals surface area contributed by atoms with Gasteiger partial charge < -0.3 is 9.47 Å². The fraction of sp³-hybridized carbons (Fsp3) is 0.353. The quantitative estimate of drug-likeness (QED) is 0.782. The number of benzene rings is 1. The molecule has 0 spiro atoms. The van der Waals surface area contributed by atoms with Crippen LogP contribution in [0.2, 0.25) is 5.02 Å². The largest absolute Gasteiger partial charge is 0.492 e. The van der Waals surface area contributed by atoms with Gasteiger partial charge >= 0.3 is 0 Å². The van der Waals surface area contributed by atoms with Crippen LogP contribution in [-0.2, 0) is 4.74 Å². The monoisotopic (exact) mass is 318 g/mol. The molecule has 0 unspecified atom stereocenters. The van der Waals surface area contributed by atoms with Crippen molar-refractivity contribution >= 4 is 17.5 Å². The van der Waals surface area contributed by atoms with E-state index >= 15 is 0 Å². The molecule has 1 aliphatic rings. The Morgan fingerprint density at radius 1 is 1.41 bits per heavy atom. The number of nitrogens with zero attached hydrogens (tertiary/aromatic N) is 2. The summed E-state index contributed by atoms with van der Waals surface area (Å²) in [6.07, 6.45) is 6.25. The highest BCUT2D eigenvalue weighted by molar-refractivity contribution is 6.30. The molecule has 0 aliphatic carbocycles. The molecule has 1 aromatic heterocycles. The first-order valence-electron chi connectivity index (χ1n) is 7.27. The molecule has 5 heteroatoms. The maximum absolute atomic E-state index is 6.18. The molecule has 4 nitrogen and oxygen atoms in total. The molecular weight excluding hydrogens is 300 g/mol. The normalized spacial score (nSPS) is 18.9. The molecule has 2 aromatic rings. The van der Waals surface area contributed by atoms with Gasteiger partial charge in [-0.05, 0) is 37.1 Å². The van der Waals surface area contributed by atoms with Gasteiger partial charge in [-0.1, -0.05) is 25.4 Å². The van der Waals surface area contributed by atoms with Crippen molar-refractivity contribution < 1.29 is 9.47 Å². The number of hydrogen-bond acceptors (Lipinski definition) is 3. The summed E-state index contributed by atoms with van der Waals surface area (Å²) in [6.45, 7) is 6.98. The van der Waals surface area contributed by atoms with Gasteiger partial charge in [-0.3, -0.25) is 4.57 Å². The van der Waals surface area contributed by atoms with Crippen molar-refractivity contribution in [3.8, 4) is 5.75 Å². The van der Waals surface area contributed by atoms with E-state index in [-0.39, 0.29) is 5.41 Å². The predicted octanol–water partition coefficient (Wildman–Crippen LogP) is 4.50. The molecule has 2 heterocycles. The summed E-state index contributed by atoms with van der Waals surface area (Å²) >= 11 is 6.02. The SMILES string of the molecule is Cc1cc(Cl)ccc1OC(=C1OCCC1(C)C)n1ccnc1. The summed E-state index contributed by atoms with van der Waals surface area (Å²) in [6, 6.07) is 5.57. The second kappa shape index (κ2) is 5.69. The van der Waals surface area contributed by atoms with E-state index in [9.17, 15) is 0 Å². The molecule has 0 atom stereocenters. The Kier molecular flexibility index (Phi) is 3.87. The lowest BCUT2D eigenvalue weighted by atomic mass is 9.89. The number of halogens is 1. The van der Waals surface area contributed by atoms with Gasteiger partial charge in [-0.2, -0.15) is 0 Å². The number of hydrogen-bond donors (Lipinski definition) is 0. The number of rotatable bonds is 3. The lowest BCUT2D eigenvalue weighted by molar-refractivity contribution is 0.237. The van der Waals surface area contributed by atoms with Crippen LogP contribution < -0.4 is 4.74 Å². The van der Waals surface area contributed by atoms with Crippen LogP contribution in [0.1, 0.15) is 25.8 Å². The number of allylic oxidation sites excluding steroid dienone is 1. The van der Waals surface area contributed by atoms with Crippen molar-refractivity contribution in [3.05, 3.63) is 53.3 Å². The van der Waals surface area contributed by atoms with Crippen LogP contribution >= 0.6 is 11.6 Å². The minimum Gasteiger partial charge on any atom is -0.492 e. The average molecular weight is 319 g/mol. The Morgan fingerprint density at radius 2 is 2.23 bits per heavy atom. The molecule has 1 aromatic carbocycles. The first-order valence-corrected chi connectivity index (χ1v) is 7.65. The van der Waals surface area contributed by atoms with Crippen molar-refractivity contribution in [2.75, 3.05) is 6.61 Å². The minimum atomic E-state index is -0.0695. The van der Waals surface area contributed by atoms with Gasteiger partial charge in [0.25, 0.3) is 0 Å². The van der Waals surface area contributed by atoms with Gasteiger partial charge in [0.1, 0.15) is 12.1 Å². The summed E-state index contributed by atoms with van der Waals surface area (Å²) < 4.78 is 13.9. The van der Waals surface area contributed by atoms with Crippen LogP contribution in [0.15, 0.2) is 42.7 Å². The number of aromatic nitrogens is 2. The Labute approximate surface area is 135 Å². The van der Waals surface area contributed by atoms with Crippen LogP contribution in [0.4, 0.5) is 0 Å². The van der Waals surface area contributed by atoms with Crippen molar-refractivity contribution in [2.45, 2.75) is 27.2 Å². The Bertz CT molecular complexity index is 705. The number of aryl methyl sites for hydroxylation is 1. The Morgan fingerprint density at radius 3 is 2.82 bits per heavy atom. The standard InChI is InChI=1S/C17H19ClN2O2/c1-12-10-13(18)4-5-14(12)22-16(20-8-7-19-11-20)15-17(2,3)6-9-21-15/h4-5,7-8,10-11H,6,9H2,1-3H3. The molecule has 22 heavy (non-hydrogen) atoms. The van der Waals surface area contributed by atoms with E-state index in [1.165, 1.54) is 0 Å². The molecule has 0 saturated carbocycles. The molecule has 0 amide bonds. The van der Waals surface area contributed by atoms with E-state index in [1.54, 1.807) is 12.5 Å². The van der Waals surface area contributed by atoms with Crippen LogP contribution in [0.3, 0.4) is 0 Å². The molecule has 1 aliphatic heterocycles. The van der Waals surface area contributed by atoms with E-state index in [2.05, 4.69) is 18.8 Å². The third kappa shape index (κ3) is 2.83. The highest BCUT2D eigenvalue weighted by Crippen LogP contribution is 2.41. The second-order valence-electron chi connectivity index (χ2n) is 6.10. The summed E-state index contributed by atoms with van der Waals surface area (Å²) in [5.74, 6) is 2.26. The lowest BCUT2D eigenvalue weighted by Crippen LogP contribution is -2.16. The topological polar surface area (TPSA) is 36.3 Å². The predicted molar refractivity (Wildman–Crippen MR) is 86.6 cm³/mol. The van der Waals surface area contributed by atoms with E-state index in [1.807, 2.05) is 35.9 Å². The third-order valence-electron chi connectivity index (χ3n) is 3.86. The first kappa shape index (κ1) is 15.0. The van der Waals surface area contributed by atoms with E-state index in [4.69, 9.17) is 21.1 Å². The third-order valence-corrected chi connectivity index (χ3v) is 4.10. The van der Waals surface area contributed by atoms with E-state index < -0.39 is 0 Å².